The zero-order valence-electron chi connectivity index (χ0n) is 14.1. The largest absolute Gasteiger partial charge is 0.335 e. The van der Waals surface area contributed by atoms with Crippen molar-refractivity contribution in [3.63, 3.8) is 0 Å². The van der Waals surface area contributed by atoms with Gasteiger partial charge in [-0.15, -0.1) is 0 Å². The Labute approximate surface area is 144 Å². The topological polar surface area (TPSA) is 44.4 Å². The van der Waals surface area contributed by atoms with Crippen LogP contribution in [0, 0.1) is 0 Å². The molecule has 5 heteroatoms. The summed E-state index contributed by atoms with van der Waals surface area (Å²) in [5.41, 5.74) is 1.28. The summed E-state index contributed by atoms with van der Waals surface area (Å²) in [5.74, 6) is 0. The van der Waals surface area contributed by atoms with Crippen molar-refractivity contribution in [1.82, 2.24) is 15.5 Å². The summed E-state index contributed by atoms with van der Waals surface area (Å²) in [5, 5.41) is 6.94. The Morgan fingerprint density at radius 2 is 1.83 bits per heavy atom. The normalized spacial score (nSPS) is 16.5. The van der Waals surface area contributed by atoms with Crippen molar-refractivity contribution < 1.29 is 4.79 Å². The van der Waals surface area contributed by atoms with Crippen molar-refractivity contribution in [1.29, 1.82) is 0 Å². The van der Waals surface area contributed by atoms with Crippen LogP contribution in [0.5, 0.6) is 0 Å². The number of urea groups is 1. The van der Waals surface area contributed by atoms with Crippen LogP contribution in [0.1, 0.15) is 45.1 Å². The van der Waals surface area contributed by atoms with E-state index in [1.54, 1.807) is 0 Å². The van der Waals surface area contributed by atoms with E-state index in [0.29, 0.717) is 0 Å². The minimum Gasteiger partial charge on any atom is -0.335 e. The molecule has 1 saturated heterocycles. The molecule has 4 nitrogen and oxygen atoms in total. The van der Waals surface area contributed by atoms with Gasteiger partial charge in [-0.2, -0.15) is 0 Å². The van der Waals surface area contributed by atoms with Crippen molar-refractivity contribution in [2.45, 2.75) is 58.2 Å². The smallest absolute Gasteiger partial charge is 0.315 e. The van der Waals surface area contributed by atoms with Gasteiger partial charge < -0.3 is 10.6 Å². The van der Waals surface area contributed by atoms with Crippen molar-refractivity contribution in [3.05, 3.63) is 34.9 Å². The number of hydrogen-bond acceptors (Lipinski definition) is 2. The van der Waals surface area contributed by atoms with Gasteiger partial charge in [0, 0.05) is 36.7 Å². The van der Waals surface area contributed by atoms with Crippen molar-refractivity contribution >= 4 is 17.6 Å². The molecule has 0 saturated carbocycles. The second-order valence-electron chi connectivity index (χ2n) is 6.31. The molecule has 128 valence electrons. The van der Waals surface area contributed by atoms with E-state index in [1.807, 2.05) is 12.1 Å². The number of carbonyl (C=O) groups is 1. The molecular formula is C18H28ClN3O. The zero-order valence-corrected chi connectivity index (χ0v) is 14.9. The third kappa shape index (κ3) is 6.04. The standard InChI is InChI=1S/C18H28ClN3O/c1-3-16(4-2)20-18(23)21-17-9-11-22(12-10-17)13-14-5-7-15(19)8-6-14/h5-8,16-17H,3-4,9-13H2,1-2H3,(H2,20,21,23). The van der Waals surface area contributed by atoms with Crippen LogP contribution < -0.4 is 10.6 Å². The molecule has 0 aromatic heterocycles. The molecule has 0 radical (unpaired) electrons. The van der Waals surface area contributed by atoms with Crippen LogP contribution in [0.25, 0.3) is 0 Å². The van der Waals surface area contributed by atoms with Crippen LogP contribution >= 0.6 is 11.6 Å². The van der Waals surface area contributed by atoms with Gasteiger partial charge in [0.2, 0.25) is 0 Å². The Hall–Kier alpha value is -1.26. The Balaban J connectivity index is 1.71. The lowest BCUT2D eigenvalue weighted by molar-refractivity contribution is 0.185. The van der Waals surface area contributed by atoms with Crippen LogP contribution in [0.4, 0.5) is 4.79 Å². The Bertz CT molecular complexity index is 480. The first kappa shape index (κ1) is 18.1. The van der Waals surface area contributed by atoms with E-state index in [9.17, 15) is 4.79 Å². The molecule has 1 heterocycles. The minimum atomic E-state index is -0.0187. The molecule has 0 atom stereocenters. The summed E-state index contributed by atoms with van der Waals surface area (Å²) in [6.07, 6.45) is 3.96. The molecule has 23 heavy (non-hydrogen) atoms. The lowest BCUT2D eigenvalue weighted by atomic mass is 10.0. The van der Waals surface area contributed by atoms with Crippen molar-refractivity contribution in [2.75, 3.05) is 13.1 Å². The first-order chi connectivity index (χ1) is 11.1. The fourth-order valence-corrected chi connectivity index (χ4v) is 3.11. The van der Waals surface area contributed by atoms with Crippen LogP contribution in [0.15, 0.2) is 24.3 Å². The first-order valence-electron chi connectivity index (χ1n) is 8.64. The van der Waals surface area contributed by atoms with Gasteiger partial charge in [0.15, 0.2) is 0 Å². The first-order valence-corrected chi connectivity index (χ1v) is 9.02. The highest BCUT2D eigenvalue weighted by atomic mass is 35.5. The van der Waals surface area contributed by atoms with E-state index in [-0.39, 0.29) is 18.1 Å². The van der Waals surface area contributed by atoms with E-state index in [2.05, 4.69) is 41.5 Å². The van der Waals surface area contributed by atoms with Gasteiger partial charge in [-0.25, -0.2) is 4.79 Å². The lowest BCUT2D eigenvalue weighted by Crippen LogP contribution is -2.49. The highest BCUT2D eigenvalue weighted by Gasteiger charge is 2.21. The Morgan fingerprint density at radius 1 is 1.22 bits per heavy atom. The van der Waals surface area contributed by atoms with Gasteiger partial charge in [-0.05, 0) is 43.4 Å². The van der Waals surface area contributed by atoms with Crippen molar-refractivity contribution in [2.24, 2.45) is 0 Å². The highest BCUT2D eigenvalue weighted by Crippen LogP contribution is 2.16. The van der Waals surface area contributed by atoms with E-state index >= 15 is 0 Å². The van der Waals surface area contributed by atoms with Gasteiger partial charge in [-0.3, -0.25) is 4.90 Å². The summed E-state index contributed by atoms with van der Waals surface area (Å²) < 4.78 is 0. The van der Waals surface area contributed by atoms with E-state index in [0.717, 1.165) is 50.3 Å². The predicted octanol–water partition coefficient (Wildman–Crippen LogP) is 3.79. The third-order valence-electron chi connectivity index (χ3n) is 4.56. The van der Waals surface area contributed by atoms with Gasteiger partial charge in [-0.1, -0.05) is 37.6 Å². The fourth-order valence-electron chi connectivity index (χ4n) is 2.99. The van der Waals surface area contributed by atoms with Crippen LogP contribution in [0.2, 0.25) is 5.02 Å². The Morgan fingerprint density at radius 3 is 2.39 bits per heavy atom. The maximum Gasteiger partial charge on any atom is 0.315 e. The Kier molecular flexibility index (Phi) is 7.18. The quantitative estimate of drug-likeness (QED) is 0.829. The maximum atomic E-state index is 12.0. The number of hydrogen-bond donors (Lipinski definition) is 2. The van der Waals surface area contributed by atoms with Gasteiger partial charge >= 0.3 is 6.03 Å². The van der Waals surface area contributed by atoms with Crippen LogP contribution in [-0.2, 0) is 6.54 Å². The number of carbonyl (C=O) groups excluding carboxylic acids is 1. The van der Waals surface area contributed by atoms with E-state index < -0.39 is 0 Å². The number of nitrogens with zero attached hydrogens (tertiary/aromatic N) is 1. The summed E-state index contributed by atoms with van der Waals surface area (Å²) >= 11 is 5.92. The lowest BCUT2D eigenvalue weighted by Gasteiger charge is -2.32. The molecule has 0 bridgehead atoms. The molecule has 2 amide bonds. The van der Waals surface area contributed by atoms with Crippen LogP contribution in [-0.4, -0.2) is 36.1 Å². The number of halogens is 1. The number of piperidine rings is 1. The number of likely N-dealkylation sites (tertiary alicyclic amines) is 1. The van der Waals surface area contributed by atoms with E-state index in [4.69, 9.17) is 11.6 Å². The van der Waals surface area contributed by atoms with Crippen LogP contribution in [0.3, 0.4) is 0 Å². The molecule has 1 aromatic rings. The number of benzene rings is 1. The molecule has 0 unspecified atom stereocenters. The third-order valence-corrected chi connectivity index (χ3v) is 4.82. The molecule has 2 rings (SSSR count). The number of amides is 2. The second-order valence-corrected chi connectivity index (χ2v) is 6.74. The minimum absolute atomic E-state index is 0.0187. The SMILES string of the molecule is CCC(CC)NC(=O)NC1CCN(Cc2ccc(Cl)cc2)CC1. The molecule has 0 spiro atoms. The van der Waals surface area contributed by atoms with Gasteiger partial charge in [0.25, 0.3) is 0 Å². The monoisotopic (exact) mass is 337 g/mol. The average molecular weight is 338 g/mol. The number of nitrogens with one attached hydrogen (secondary N) is 2. The summed E-state index contributed by atoms with van der Waals surface area (Å²) in [6.45, 7) is 7.17. The molecule has 1 aliphatic rings. The molecule has 1 aliphatic heterocycles. The molecule has 0 aliphatic carbocycles. The molecule has 1 aromatic carbocycles. The zero-order chi connectivity index (χ0) is 16.7. The molecular weight excluding hydrogens is 310 g/mol. The second kappa shape index (κ2) is 9.14. The summed E-state index contributed by atoms with van der Waals surface area (Å²) in [7, 11) is 0. The number of rotatable bonds is 6. The van der Waals surface area contributed by atoms with Crippen molar-refractivity contribution in [3.8, 4) is 0 Å². The average Bonchev–Trinajstić information content (AvgIpc) is 2.56. The summed E-state index contributed by atoms with van der Waals surface area (Å²) in [6, 6.07) is 8.58. The fraction of sp³-hybridized carbons (Fsp3) is 0.611. The molecule has 2 N–H and O–H groups in total. The van der Waals surface area contributed by atoms with Gasteiger partial charge in [0.05, 0.1) is 0 Å². The highest BCUT2D eigenvalue weighted by molar-refractivity contribution is 6.30. The maximum absolute atomic E-state index is 12.0. The predicted molar refractivity (Wildman–Crippen MR) is 95.8 cm³/mol. The van der Waals surface area contributed by atoms with Gasteiger partial charge in [0.1, 0.15) is 0 Å². The van der Waals surface area contributed by atoms with E-state index in [1.165, 1.54) is 5.56 Å². The molecule has 1 fully saturated rings. The summed E-state index contributed by atoms with van der Waals surface area (Å²) in [4.78, 5) is 14.4.